The molecule has 0 heterocycles. The zero-order valence-electron chi connectivity index (χ0n) is 15.3. The van der Waals surface area contributed by atoms with E-state index in [1.54, 1.807) is 7.05 Å². The van der Waals surface area contributed by atoms with Crippen molar-refractivity contribution in [2.75, 3.05) is 20.2 Å². The minimum atomic E-state index is -0.117. The summed E-state index contributed by atoms with van der Waals surface area (Å²) in [6.07, 6.45) is 0. The highest BCUT2D eigenvalue weighted by Gasteiger charge is 2.09. The van der Waals surface area contributed by atoms with E-state index in [1.807, 2.05) is 31.2 Å². The van der Waals surface area contributed by atoms with E-state index in [0.717, 1.165) is 11.5 Å². The summed E-state index contributed by atoms with van der Waals surface area (Å²) in [5.41, 5.74) is 1.06. The van der Waals surface area contributed by atoms with Gasteiger partial charge in [-0.15, -0.1) is 0 Å². The highest BCUT2D eigenvalue weighted by Crippen LogP contribution is 2.13. The number of rotatable bonds is 8. The molecule has 0 aliphatic carbocycles. The van der Waals surface area contributed by atoms with Gasteiger partial charge in [0.05, 0.1) is 0 Å². The highest BCUT2D eigenvalue weighted by molar-refractivity contribution is 5.80. The Kier molecular flexibility index (Phi) is 8.68. The first-order chi connectivity index (χ1) is 11.5. The topological polar surface area (TPSA) is 74.8 Å². The first kappa shape index (κ1) is 19.8. The fourth-order valence-electron chi connectivity index (χ4n) is 1.91. The molecule has 3 N–H and O–H groups in total. The molecule has 1 unspecified atom stereocenters. The van der Waals surface area contributed by atoms with Crippen molar-refractivity contribution in [1.29, 1.82) is 0 Å². The lowest BCUT2D eigenvalue weighted by atomic mass is 10.1. The molecule has 1 atom stereocenters. The fraction of sp³-hybridized carbons (Fsp3) is 0.556. The maximum atomic E-state index is 11.4. The normalized spacial score (nSPS) is 12.7. The Bertz CT molecular complexity index is 544. The molecule has 0 aliphatic rings. The summed E-state index contributed by atoms with van der Waals surface area (Å²) < 4.78 is 5.50. The van der Waals surface area contributed by atoms with Crippen LogP contribution in [0.25, 0.3) is 0 Å². The average molecular weight is 334 g/mol. The van der Waals surface area contributed by atoms with Crippen molar-refractivity contribution in [2.24, 2.45) is 10.9 Å². The van der Waals surface area contributed by atoms with Gasteiger partial charge in [-0.05, 0) is 37.5 Å². The highest BCUT2D eigenvalue weighted by atomic mass is 16.5. The molecule has 0 fully saturated rings. The second-order valence-corrected chi connectivity index (χ2v) is 5.99. The fourth-order valence-corrected chi connectivity index (χ4v) is 1.91. The maximum Gasteiger partial charge on any atom is 0.257 e. The Hall–Kier alpha value is -2.24. The predicted molar refractivity (Wildman–Crippen MR) is 98.3 cm³/mol. The number of likely N-dealkylation sites (N-methyl/N-ethyl adjacent to an activating group) is 1. The van der Waals surface area contributed by atoms with Gasteiger partial charge in [0.25, 0.3) is 5.91 Å². The number of carbonyl (C=O) groups excluding carboxylic acids is 1. The molecule has 0 bridgehead atoms. The van der Waals surface area contributed by atoms with E-state index in [4.69, 9.17) is 4.74 Å². The molecule has 24 heavy (non-hydrogen) atoms. The molecule has 0 aliphatic heterocycles. The predicted octanol–water partition coefficient (Wildman–Crippen LogP) is 1.91. The number of aliphatic imine (C=N–C) groups is 1. The number of hydrogen-bond acceptors (Lipinski definition) is 3. The van der Waals surface area contributed by atoms with Gasteiger partial charge in [0.2, 0.25) is 0 Å². The smallest absolute Gasteiger partial charge is 0.257 e. The lowest BCUT2D eigenvalue weighted by Crippen LogP contribution is -2.43. The molecule has 0 saturated heterocycles. The molecule has 0 aromatic heterocycles. The van der Waals surface area contributed by atoms with E-state index in [-0.39, 0.29) is 12.5 Å². The van der Waals surface area contributed by atoms with Crippen LogP contribution in [0.4, 0.5) is 0 Å². The van der Waals surface area contributed by atoms with Crippen molar-refractivity contribution in [3.63, 3.8) is 0 Å². The van der Waals surface area contributed by atoms with Crippen LogP contribution in [-0.2, 0) is 11.3 Å². The van der Waals surface area contributed by atoms with Gasteiger partial charge in [0.15, 0.2) is 12.6 Å². The van der Waals surface area contributed by atoms with Crippen LogP contribution >= 0.6 is 0 Å². The van der Waals surface area contributed by atoms with Crippen LogP contribution in [-0.4, -0.2) is 38.1 Å². The summed E-state index contributed by atoms with van der Waals surface area (Å²) in [4.78, 5) is 15.7. The van der Waals surface area contributed by atoms with Crippen molar-refractivity contribution >= 4 is 11.9 Å². The van der Waals surface area contributed by atoms with E-state index in [9.17, 15) is 4.79 Å². The van der Waals surface area contributed by atoms with Gasteiger partial charge < -0.3 is 20.7 Å². The van der Waals surface area contributed by atoms with Gasteiger partial charge in [-0.25, -0.2) is 0 Å². The summed E-state index contributed by atoms with van der Waals surface area (Å²) in [6.45, 7) is 9.61. The summed E-state index contributed by atoms with van der Waals surface area (Å²) >= 11 is 0. The average Bonchev–Trinajstić information content (AvgIpc) is 2.57. The second-order valence-electron chi connectivity index (χ2n) is 5.99. The van der Waals surface area contributed by atoms with E-state index in [2.05, 4.69) is 41.7 Å². The molecule has 1 amide bonds. The Morgan fingerprint density at radius 1 is 1.25 bits per heavy atom. The molecule has 0 radical (unpaired) electrons. The molecule has 1 aromatic carbocycles. The lowest BCUT2D eigenvalue weighted by Gasteiger charge is -2.20. The van der Waals surface area contributed by atoms with E-state index >= 15 is 0 Å². The molecular formula is C18H30N4O2. The number of carbonyl (C=O) groups is 1. The van der Waals surface area contributed by atoms with E-state index in [0.29, 0.717) is 30.8 Å². The largest absolute Gasteiger partial charge is 0.484 e. The Morgan fingerprint density at radius 2 is 2.00 bits per heavy atom. The van der Waals surface area contributed by atoms with Crippen LogP contribution in [0, 0.1) is 5.92 Å². The second kappa shape index (κ2) is 10.5. The van der Waals surface area contributed by atoms with Crippen LogP contribution in [0.2, 0.25) is 0 Å². The van der Waals surface area contributed by atoms with E-state index in [1.165, 1.54) is 0 Å². The molecule has 0 saturated carbocycles. The van der Waals surface area contributed by atoms with Crippen LogP contribution in [0.5, 0.6) is 5.75 Å². The number of nitrogens with zero attached hydrogens (tertiary/aromatic N) is 1. The zero-order valence-corrected chi connectivity index (χ0v) is 15.3. The van der Waals surface area contributed by atoms with Gasteiger partial charge in [0, 0.05) is 26.2 Å². The standard InChI is InChI=1S/C18H30N4O2/c1-6-20-17(23)12-24-16-9-7-8-15(10-16)11-21-18(19-5)22-14(4)13(2)3/h7-10,13-14H,6,11-12H2,1-5H3,(H,20,23)(H2,19,21,22). The van der Waals surface area contributed by atoms with Crippen LogP contribution in [0.3, 0.4) is 0 Å². The number of nitrogens with one attached hydrogen (secondary N) is 3. The summed E-state index contributed by atoms with van der Waals surface area (Å²) in [7, 11) is 1.76. The maximum absolute atomic E-state index is 11.4. The van der Waals surface area contributed by atoms with Gasteiger partial charge in [-0.3, -0.25) is 9.79 Å². The third-order valence-electron chi connectivity index (χ3n) is 3.69. The molecule has 1 aromatic rings. The zero-order chi connectivity index (χ0) is 17.9. The minimum absolute atomic E-state index is 0.0276. The third kappa shape index (κ3) is 7.35. The summed E-state index contributed by atoms with van der Waals surface area (Å²) in [5.74, 6) is 1.85. The molecular weight excluding hydrogens is 304 g/mol. The van der Waals surface area contributed by atoms with Gasteiger partial charge in [-0.1, -0.05) is 26.0 Å². The summed E-state index contributed by atoms with van der Waals surface area (Å²) in [5, 5.41) is 9.35. The third-order valence-corrected chi connectivity index (χ3v) is 3.69. The van der Waals surface area contributed by atoms with Crippen LogP contribution in [0.15, 0.2) is 29.3 Å². The molecule has 1 rings (SSSR count). The summed E-state index contributed by atoms with van der Waals surface area (Å²) in [6, 6.07) is 8.02. The molecule has 6 nitrogen and oxygen atoms in total. The number of guanidine groups is 1. The lowest BCUT2D eigenvalue weighted by molar-refractivity contribution is -0.122. The van der Waals surface area contributed by atoms with Crippen LogP contribution in [0.1, 0.15) is 33.3 Å². The number of amides is 1. The monoisotopic (exact) mass is 334 g/mol. The Labute approximate surface area is 145 Å². The Balaban J connectivity index is 2.53. The first-order valence-electron chi connectivity index (χ1n) is 8.41. The Morgan fingerprint density at radius 3 is 2.62 bits per heavy atom. The molecule has 134 valence electrons. The van der Waals surface area contributed by atoms with Crippen molar-refractivity contribution in [2.45, 2.75) is 40.3 Å². The van der Waals surface area contributed by atoms with E-state index < -0.39 is 0 Å². The number of benzene rings is 1. The molecule has 6 heteroatoms. The van der Waals surface area contributed by atoms with Gasteiger partial charge in [-0.2, -0.15) is 0 Å². The van der Waals surface area contributed by atoms with Crippen molar-refractivity contribution < 1.29 is 9.53 Å². The van der Waals surface area contributed by atoms with Gasteiger partial charge >= 0.3 is 0 Å². The minimum Gasteiger partial charge on any atom is -0.484 e. The quantitative estimate of drug-likeness (QED) is 0.501. The molecule has 0 spiro atoms. The first-order valence-corrected chi connectivity index (χ1v) is 8.41. The van der Waals surface area contributed by atoms with Crippen LogP contribution < -0.4 is 20.7 Å². The van der Waals surface area contributed by atoms with Crippen molar-refractivity contribution in [3.8, 4) is 5.75 Å². The number of ether oxygens (including phenoxy) is 1. The number of hydrogen-bond donors (Lipinski definition) is 3. The van der Waals surface area contributed by atoms with Crippen molar-refractivity contribution in [3.05, 3.63) is 29.8 Å². The van der Waals surface area contributed by atoms with Gasteiger partial charge in [0.1, 0.15) is 5.75 Å². The van der Waals surface area contributed by atoms with Crippen molar-refractivity contribution in [1.82, 2.24) is 16.0 Å². The SMILES string of the molecule is CCNC(=O)COc1cccc(CNC(=NC)NC(C)C(C)C)c1.